The molecule has 1 atom stereocenters. The van der Waals surface area contributed by atoms with Gasteiger partial charge in [0.05, 0.1) is 17.2 Å². The fourth-order valence-electron chi connectivity index (χ4n) is 1.85. The molecule has 0 radical (unpaired) electrons. The van der Waals surface area contributed by atoms with Crippen LogP contribution in [0.3, 0.4) is 0 Å². The second kappa shape index (κ2) is 5.27. The third-order valence-corrected chi connectivity index (χ3v) is 3.98. The molecule has 1 aliphatic rings. The first-order chi connectivity index (χ1) is 8.99. The van der Waals surface area contributed by atoms with Crippen LogP contribution in [0.4, 0.5) is 0 Å². The summed E-state index contributed by atoms with van der Waals surface area (Å²) < 4.78 is 0. The van der Waals surface area contributed by atoms with Crippen LogP contribution in [0.5, 0.6) is 0 Å². The number of thiophene rings is 1. The van der Waals surface area contributed by atoms with Crippen molar-refractivity contribution >= 4 is 23.3 Å². The van der Waals surface area contributed by atoms with E-state index in [2.05, 4.69) is 0 Å². The molecule has 19 heavy (non-hydrogen) atoms. The van der Waals surface area contributed by atoms with Gasteiger partial charge in [0.2, 0.25) is 0 Å². The largest absolute Gasteiger partial charge is 0.478 e. The third kappa shape index (κ3) is 2.85. The number of hydrogen-bond donors (Lipinski definition) is 2. The lowest BCUT2D eigenvalue weighted by molar-refractivity contribution is -0.133. The first kappa shape index (κ1) is 13.4. The summed E-state index contributed by atoms with van der Waals surface area (Å²) in [6, 6.07) is 3.75. The van der Waals surface area contributed by atoms with Gasteiger partial charge in [0.1, 0.15) is 0 Å². The van der Waals surface area contributed by atoms with Gasteiger partial charge in [-0.3, -0.25) is 0 Å². The van der Waals surface area contributed by atoms with Crippen LogP contribution in [0.15, 0.2) is 41.1 Å². The summed E-state index contributed by atoms with van der Waals surface area (Å²) in [4.78, 5) is 24.8. The number of carboxylic acid groups (broad SMARTS) is 2. The van der Waals surface area contributed by atoms with E-state index in [9.17, 15) is 9.59 Å². The quantitative estimate of drug-likeness (QED) is 0.885. The highest BCUT2D eigenvalue weighted by atomic mass is 32.1. The lowest BCUT2D eigenvalue weighted by Gasteiger charge is -2.28. The average molecular weight is 279 g/mol. The minimum atomic E-state index is -1.09. The van der Waals surface area contributed by atoms with Crippen molar-refractivity contribution in [2.45, 2.75) is 19.4 Å². The van der Waals surface area contributed by atoms with Crippen molar-refractivity contribution in [1.82, 2.24) is 4.90 Å². The van der Waals surface area contributed by atoms with E-state index in [0.717, 1.165) is 4.88 Å². The van der Waals surface area contributed by atoms with E-state index in [1.54, 1.807) is 16.2 Å². The Morgan fingerprint density at radius 2 is 1.84 bits per heavy atom. The Labute approximate surface area is 114 Å². The average Bonchev–Trinajstić information content (AvgIpc) is 2.91. The Kier molecular flexibility index (Phi) is 3.71. The van der Waals surface area contributed by atoms with Crippen molar-refractivity contribution in [2.75, 3.05) is 0 Å². The first-order valence-electron chi connectivity index (χ1n) is 5.68. The van der Waals surface area contributed by atoms with Crippen molar-refractivity contribution in [1.29, 1.82) is 0 Å². The summed E-state index contributed by atoms with van der Waals surface area (Å²) in [6.07, 6.45) is 2.94. The summed E-state index contributed by atoms with van der Waals surface area (Å²) in [6.45, 7) is 1.91. The molecule has 2 heterocycles. The van der Waals surface area contributed by atoms with Crippen LogP contribution in [-0.2, 0) is 9.59 Å². The molecule has 2 N–H and O–H groups in total. The lowest BCUT2D eigenvalue weighted by Crippen LogP contribution is -2.23. The Hall–Kier alpha value is -2.08. The highest BCUT2D eigenvalue weighted by molar-refractivity contribution is 7.10. The van der Waals surface area contributed by atoms with Gasteiger partial charge in [-0.05, 0) is 18.4 Å². The molecule has 6 heteroatoms. The van der Waals surface area contributed by atoms with E-state index in [1.807, 2.05) is 24.4 Å². The summed E-state index contributed by atoms with van der Waals surface area (Å²) in [5, 5.41) is 20.0. The molecule has 1 unspecified atom stereocenters. The molecular formula is C13H13NO4S. The minimum Gasteiger partial charge on any atom is -0.478 e. The molecule has 0 saturated heterocycles. The number of hydrogen-bond acceptors (Lipinski definition) is 4. The van der Waals surface area contributed by atoms with Crippen molar-refractivity contribution < 1.29 is 19.8 Å². The van der Waals surface area contributed by atoms with Gasteiger partial charge in [-0.2, -0.15) is 0 Å². The molecule has 1 aromatic heterocycles. The van der Waals surface area contributed by atoms with E-state index < -0.39 is 11.9 Å². The highest BCUT2D eigenvalue weighted by Crippen LogP contribution is 2.30. The summed E-state index contributed by atoms with van der Waals surface area (Å²) >= 11 is 1.55. The first-order valence-corrected chi connectivity index (χ1v) is 6.56. The third-order valence-electron chi connectivity index (χ3n) is 2.94. The smallest absolute Gasteiger partial charge is 0.333 e. The van der Waals surface area contributed by atoms with Crippen LogP contribution >= 0.6 is 11.3 Å². The predicted molar refractivity (Wildman–Crippen MR) is 70.6 cm³/mol. The molecule has 1 aromatic rings. The van der Waals surface area contributed by atoms with E-state index in [1.165, 1.54) is 12.4 Å². The normalized spacial score (nSPS) is 16.6. The van der Waals surface area contributed by atoms with Gasteiger partial charge in [0.15, 0.2) is 0 Å². The van der Waals surface area contributed by atoms with E-state index >= 15 is 0 Å². The molecule has 0 aromatic carbocycles. The second-order valence-electron chi connectivity index (χ2n) is 4.23. The van der Waals surface area contributed by atoms with Crippen molar-refractivity contribution in [3.05, 3.63) is 45.9 Å². The monoisotopic (exact) mass is 279 g/mol. The topological polar surface area (TPSA) is 77.8 Å². The maximum absolute atomic E-state index is 11.1. The summed E-state index contributed by atoms with van der Waals surface area (Å²) in [5.41, 5.74) is 0.173. The van der Waals surface area contributed by atoms with Gasteiger partial charge in [-0.1, -0.05) is 6.07 Å². The van der Waals surface area contributed by atoms with Crippen LogP contribution in [0.1, 0.15) is 24.3 Å². The van der Waals surface area contributed by atoms with Crippen LogP contribution in [0, 0.1) is 0 Å². The maximum Gasteiger partial charge on any atom is 0.333 e. The molecule has 0 saturated carbocycles. The number of carboxylic acids is 2. The maximum atomic E-state index is 11.1. The van der Waals surface area contributed by atoms with Crippen LogP contribution < -0.4 is 0 Å². The number of rotatable bonds is 4. The predicted octanol–water partition coefficient (Wildman–Crippen LogP) is 2.45. The lowest BCUT2D eigenvalue weighted by atomic mass is 10.0. The van der Waals surface area contributed by atoms with Gasteiger partial charge < -0.3 is 15.1 Å². The van der Waals surface area contributed by atoms with E-state index in [0.29, 0.717) is 0 Å². The second-order valence-corrected chi connectivity index (χ2v) is 5.21. The highest BCUT2D eigenvalue weighted by Gasteiger charge is 2.24. The van der Waals surface area contributed by atoms with E-state index in [-0.39, 0.29) is 23.6 Å². The van der Waals surface area contributed by atoms with Crippen molar-refractivity contribution in [2.24, 2.45) is 0 Å². The van der Waals surface area contributed by atoms with Crippen LogP contribution in [0.25, 0.3) is 0 Å². The molecular weight excluding hydrogens is 266 g/mol. The number of nitrogens with zero attached hydrogens (tertiary/aromatic N) is 1. The molecule has 0 bridgehead atoms. The Morgan fingerprint density at radius 1 is 1.26 bits per heavy atom. The Bertz CT molecular complexity index is 529. The van der Waals surface area contributed by atoms with Gasteiger partial charge in [-0.15, -0.1) is 11.3 Å². The molecule has 100 valence electrons. The molecule has 0 amide bonds. The molecule has 0 spiro atoms. The number of aliphatic carboxylic acids is 2. The summed E-state index contributed by atoms with van der Waals surface area (Å²) in [7, 11) is 0. The van der Waals surface area contributed by atoms with Crippen LogP contribution in [0.2, 0.25) is 0 Å². The van der Waals surface area contributed by atoms with Crippen molar-refractivity contribution in [3.63, 3.8) is 0 Å². The summed E-state index contributed by atoms with van der Waals surface area (Å²) in [5.74, 6) is -2.18. The van der Waals surface area contributed by atoms with Crippen LogP contribution in [-0.4, -0.2) is 27.1 Å². The molecule has 0 aliphatic carbocycles. The fraction of sp³-hybridized carbons (Fsp3) is 0.231. The molecule has 2 rings (SSSR count). The van der Waals surface area contributed by atoms with Gasteiger partial charge >= 0.3 is 11.9 Å². The van der Waals surface area contributed by atoms with Gasteiger partial charge in [0.25, 0.3) is 0 Å². The minimum absolute atomic E-state index is 0.0572. The molecule has 5 nitrogen and oxygen atoms in total. The standard InChI is InChI=1S/C13H13NO4S/c1-8(11-3-2-4-19-11)14-6-9(12(15)16)5-10(7-14)13(17)18/h2-4,6-8H,5H2,1H3,(H,15,16)(H,17,18). The zero-order valence-corrected chi connectivity index (χ0v) is 11.1. The van der Waals surface area contributed by atoms with Gasteiger partial charge in [0, 0.05) is 23.7 Å². The zero-order chi connectivity index (χ0) is 14.0. The fourth-order valence-corrected chi connectivity index (χ4v) is 2.64. The molecule has 0 fully saturated rings. The van der Waals surface area contributed by atoms with Crippen molar-refractivity contribution in [3.8, 4) is 0 Å². The SMILES string of the molecule is CC(c1cccs1)N1C=C(C(=O)O)CC(C(=O)O)=C1. The number of carbonyl (C=O) groups is 2. The van der Waals surface area contributed by atoms with Gasteiger partial charge in [-0.25, -0.2) is 9.59 Å². The Balaban J connectivity index is 2.33. The molecule has 1 aliphatic heterocycles. The Morgan fingerprint density at radius 3 is 2.26 bits per heavy atom. The van der Waals surface area contributed by atoms with E-state index in [4.69, 9.17) is 10.2 Å². The zero-order valence-electron chi connectivity index (χ0n) is 10.2.